The van der Waals surface area contributed by atoms with Gasteiger partial charge in [0.2, 0.25) is 0 Å². The van der Waals surface area contributed by atoms with E-state index in [9.17, 15) is 14.7 Å². The fourth-order valence-corrected chi connectivity index (χ4v) is 2.56. The van der Waals surface area contributed by atoms with Crippen molar-refractivity contribution in [2.45, 2.75) is 6.92 Å². The summed E-state index contributed by atoms with van der Waals surface area (Å²) < 4.78 is 0. The first-order valence-electron chi connectivity index (χ1n) is 7.71. The van der Waals surface area contributed by atoms with Gasteiger partial charge in [-0.25, -0.2) is 4.79 Å². The molecule has 3 N–H and O–H groups in total. The quantitative estimate of drug-likeness (QED) is 0.680. The summed E-state index contributed by atoms with van der Waals surface area (Å²) in [6, 6.07) is 12.6. The highest BCUT2D eigenvalue weighted by molar-refractivity contribution is 6.07. The van der Waals surface area contributed by atoms with E-state index < -0.39 is 5.97 Å². The fraction of sp³-hybridized carbons (Fsp3) is 0.105. The van der Waals surface area contributed by atoms with Crippen molar-refractivity contribution in [3.63, 3.8) is 0 Å². The Morgan fingerprint density at radius 3 is 2.44 bits per heavy atom. The molecule has 0 bridgehead atoms. The van der Waals surface area contributed by atoms with E-state index in [1.165, 1.54) is 6.20 Å². The Labute approximate surface area is 144 Å². The third-order valence-corrected chi connectivity index (χ3v) is 3.91. The first-order chi connectivity index (χ1) is 12.0. The normalized spacial score (nSPS) is 10.5. The summed E-state index contributed by atoms with van der Waals surface area (Å²) in [5.41, 5.74) is 3.35. The zero-order valence-corrected chi connectivity index (χ0v) is 13.8. The van der Waals surface area contributed by atoms with Gasteiger partial charge in [-0.05, 0) is 37.3 Å². The SMILES string of the molecule is CNC(=O)c1ccc2ncc(C(=O)O)c(Nc3ccc(C)cc3)c2c1. The number of fused-ring (bicyclic) bond motifs is 1. The van der Waals surface area contributed by atoms with Crippen LogP contribution in [0.3, 0.4) is 0 Å². The Morgan fingerprint density at radius 1 is 1.08 bits per heavy atom. The van der Waals surface area contributed by atoms with E-state index >= 15 is 0 Å². The standard InChI is InChI=1S/C19H17N3O3/c1-11-3-6-13(7-4-11)22-17-14-9-12(18(23)20-2)5-8-16(14)21-10-15(17)19(24)25/h3-10H,1-2H3,(H,20,23)(H,21,22)(H,24,25). The molecule has 0 aliphatic rings. The molecule has 0 radical (unpaired) electrons. The molecule has 1 amide bonds. The zero-order chi connectivity index (χ0) is 18.0. The van der Waals surface area contributed by atoms with E-state index in [2.05, 4.69) is 15.6 Å². The minimum absolute atomic E-state index is 0.0436. The van der Waals surface area contributed by atoms with Gasteiger partial charge in [-0.15, -0.1) is 0 Å². The Kier molecular flexibility index (Phi) is 4.35. The van der Waals surface area contributed by atoms with Gasteiger partial charge in [0, 0.05) is 29.9 Å². The Bertz CT molecular complexity index is 966. The van der Waals surface area contributed by atoms with Crippen LogP contribution in [0.15, 0.2) is 48.7 Å². The molecular formula is C19H17N3O3. The zero-order valence-electron chi connectivity index (χ0n) is 13.8. The molecule has 3 rings (SSSR count). The number of anilines is 2. The number of aryl methyl sites for hydroxylation is 1. The smallest absolute Gasteiger partial charge is 0.339 e. The Morgan fingerprint density at radius 2 is 1.80 bits per heavy atom. The van der Waals surface area contributed by atoms with Crippen LogP contribution < -0.4 is 10.6 Å². The summed E-state index contributed by atoms with van der Waals surface area (Å²) in [5.74, 6) is -1.33. The molecule has 6 heteroatoms. The Hall–Kier alpha value is -3.41. The average molecular weight is 335 g/mol. The molecule has 25 heavy (non-hydrogen) atoms. The van der Waals surface area contributed by atoms with Gasteiger partial charge in [-0.2, -0.15) is 0 Å². The minimum Gasteiger partial charge on any atom is -0.478 e. The number of hydrogen-bond acceptors (Lipinski definition) is 4. The largest absolute Gasteiger partial charge is 0.478 e. The van der Waals surface area contributed by atoms with Gasteiger partial charge in [-0.1, -0.05) is 17.7 Å². The number of carbonyl (C=O) groups is 2. The van der Waals surface area contributed by atoms with Crippen molar-refractivity contribution in [1.82, 2.24) is 10.3 Å². The molecule has 2 aromatic carbocycles. The molecule has 0 saturated heterocycles. The highest BCUT2D eigenvalue weighted by Crippen LogP contribution is 2.30. The lowest BCUT2D eigenvalue weighted by Gasteiger charge is -2.13. The van der Waals surface area contributed by atoms with Crippen molar-refractivity contribution in [2.24, 2.45) is 0 Å². The van der Waals surface area contributed by atoms with Gasteiger partial charge in [0.25, 0.3) is 5.91 Å². The second-order valence-electron chi connectivity index (χ2n) is 5.65. The van der Waals surface area contributed by atoms with E-state index in [0.717, 1.165) is 11.3 Å². The molecule has 0 unspecified atom stereocenters. The van der Waals surface area contributed by atoms with Gasteiger partial charge in [0.05, 0.1) is 11.2 Å². The summed E-state index contributed by atoms with van der Waals surface area (Å²) in [5, 5.41) is 15.8. The van der Waals surface area contributed by atoms with E-state index in [0.29, 0.717) is 22.2 Å². The van der Waals surface area contributed by atoms with Crippen LogP contribution in [-0.4, -0.2) is 29.0 Å². The van der Waals surface area contributed by atoms with Crippen LogP contribution in [0.25, 0.3) is 10.9 Å². The highest BCUT2D eigenvalue weighted by Gasteiger charge is 2.16. The van der Waals surface area contributed by atoms with Crippen LogP contribution in [0.5, 0.6) is 0 Å². The first-order valence-corrected chi connectivity index (χ1v) is 7.71. The molecule has 0 saturated carbocycles. The van der Waals surface area contributed by atoms with Crippen LogP contribution in [0.1, 0.15) is 26.3 Å². The molecule has 0 atom stereocenters. The van der Waals surface area contributed by atoms with Crippen molar-refractivity contribution < 1.29 is 14.7 Å². The van der Waals surface area contributed by atoms with E-state index in [4.69, 9.17) is 0 Å². The van der Waals surface area contributed by atoms with Crippen LogP contribution >= 0.6 is 0 Å². The first kappa shape index (κ1) is 16.4. The summed E-state index contributed by atoms with van der Waals surface area (Å²) in [6.07, 6.45) is 1.32. The van der Waals surface area contributed by atoms with Crippen molar-refractivity contribution in [2.75, 3.05) is 12.4 Å². The molecule has 0 aliphatic carbocycles. The lowest BCUT2D eigenvalue weighted by molar-refractivity contribution is 0.0697. The predicted octanol–water partition coefficient (Wildman–Crippen LogP) is 3.34. The number of aromatic nitrogens is 1. The number of benzene rings is 2. The molecule has 1 aromatic heterocycles. The second-order valence-corrected chi connectivity index (χ2v) is 5.65. The number of pyridine rings is 1. The van der Waals surface area contributed by atoms with Crippen LogP contribution in [0, 0.1) is 6.92 Å². The number of carbonyl (C=O) groups excluding carboxylic acids is 1. The maximum absolute atomic E-state index is 11.9. The van der Waals surface area contributed by atoms with Gasteiger partial charge < -0.3 is 15.7 Å². The van der Waals surface area contributed by atoms with E-state index in [1.807, 2.05) is 31.2 Å². The highest BCUT2D eigenvalue weighted by atomic mass is 16.4. The third-order valence-electron chi connectivity index (χ3n) is 3.91. The number of carboxylic acids is 1. The molecule has 0 aliphatic heterocycles. The Balaban J connectivity index is 2.20. The fourth-order valence-electron chi connectivity index (χ4n) is 2.56. The monoisotopic (exact) mass is 335 g/mol. The number of hydrogen-bond donors (Lipinski definition) is 3. The molecule has 0 fully saturated rings. The average Bonchev–Trinajstić information content (AvgIpc) is 2.62. The lowest BCUT2D eigenvalue weighted by atomic mass is 10.1. The van der Waals surface area contributed by atoms with Gasteiger partial charge >= 0.3 is 5.97 Å². The van der Waals surface area contributed by atoms with Crippen LogP contribution in [0.4, 0.5) is 11.4 Å². The maximum Gasteiger partial charge on any atom is 0.339 e. The topological polar surface area (TPSA) is 91.3 Å². The lowest BCUT2D eigenvalue weighted by Crippen LogP contribution is -2.17. The van der Waals surface area contributed by atoms with E-state index in [-0.39, 0.29) is 11.5 Å². The number of rotatable bonds is 4. The maximum atomic E-state index is 11.9. The summed E-state index contributed by atoms with van der Waals surface area (Å²) in [6.45, 7) is 1.98. The molecule has 126 valence electrons. The van der Waals surface area contributed by atoms with Crippen molar-refractivity contribution in [3.8, 4) is 0 Å². The molecule has 0 spiro atoms. The van der Waals surface area contributed by atoms with Gasteiger partial charge in [0.15, 0.2) is 0 Å². The molecule has 1 heterocycles. The number of carboxylic acid groups (broad SMARTS) is 1. The predicted molar refractivity (Wildman–Crippen MR) is 96.6 cm³/mol. The van der Waals surface area contributed by atoms with Gasteiger partial charge in [0.1, 0.15) is 5.56 Å². The van der Waals surface area contributed by atoms with E-state index in [1.54, 1.807) is 25.2 Å². The number of nitrogens with zero attached hydrogens (tertiary/aromatic N) is 1. The van der Waals surface area contributed by atoms with Crippen molar-refractivity contribution in [3.05, 3.63) is 65.4 Å². The molecule has 3 aromatic rings. The molecular weight excluding hydrogens is 318 g/mol. The van der Waals surface area contributed by atoms with Crippen molar-refractivity contribution in [1.29, 1.82) is 0 Å². The number of nitrogens with one attached hydrogen (secondary N) is 2. The number of aromatic carboxylic acids is 1. The second kappa shape index (κ2) is 6.60. The molecule has 6 nitrogen and oxygen atoms in total. The van der Waals surface area contributed by atoms with Crippen LogP contribution in [0.2, 0.25) is 0 Å². The van der Waals surface area contributed by atoms with Crippen molar-refractivity contribution >= 4 is 34.2 Å². The number of amides is 1. The van der Waals surface area contributed by atoms with Gasteiger partial charge in [-0.3, -0.25) is 9.78 Å². The summed E-state index contributed by atoms with van der Waals surface area (Å²) >= 11 is 0. The summed E-state index contributed by atoms with van der Waals surface area (Å²) in [4.78, 5) is 27.7. The third kappa shape index (κ3) is 3.28. The van der Waals surface area contributed by atoms with Crippen LogP contribution in [-0.2, 0) is 0 Å². The minimum atomic E-state index is -1.09. The summed E-state index contributed by atoms with van der Waals surface area (Å²) in [7, 11) is 1.55.